The van der Waals surface area contributed by atoms with Crippen LogP contribution in [0.25, 0.3) is 0 Å². The van der Waals surface area contributed by atoms with Crippen LogP contribution < -0.4 is 0 Å². The van der Waals surface area contributed by atoms with Gasteiger partial charge >= 0.3 is 5.97 Å². The van der Waals surface area contributed by atoms with Crippen LogP contribution in [0.2, 0.25) is 0 Å². The van der Waals surface area contributed by atoms with Crippen LogP contribution >= 0.6 is 0 Å². The molecule has 1 fully saturated rings. The first-order valence-electron chi connectivity index (χ1n) is 4.59. The van der Waals surface area contributed by atoms with Crippen molar-refractivity contribution in [2.75, 3.05) is 0 Å². The maximum absolute atomic E-state index is 12.6. The Bertz CT molecular complexity index is 350. The van der Waals surface area contributed by atoms with E-state index in [1.54, 1.807) is 0 Å². The first-order chi connectivity index (χ1) is 6.75. The molecule has 4 heteroatoms. The fraction of sp³-hybridized carbons (Fsp3) is 0.400. The normalized spacial score (nSPS) is 16.1. The second-order valence-corrected chi connectivity index (χ2v) is 3.30. The third-order valence-corrected chi connectivity index (χ3v) is 2.25. The average molecular weight is 195 g/mol. The van der Waals surface area contributed by atoms with E-state index in [4.69, 9.17) is 4.74 Å². The van der Waals surface area contributed by atoms with Crippen LogP contribution in [0, 0.1) is 5.95 Å². The van der Waals surface area contributed by atoms with Crippen LogP contribution in [0.3, 0.4) is 0 Å². The molecule has 1 heterocycles. The molecule has 14 heavy (non-hydrogen) atoms. The molecule has 1 aliphatic rings. The highest BCUT2D eigenvalue weighted by Crippen LogP contribution is 2.22. The van der Waals surface area contributed by atoms with Crippen LogP contribution in [0.1, 0.15) is 29.8 Å². The molecule has 0 unspecified atom stereocenters. The summed E-state index contributed by atoms with van der Waals surface area (Å²) in [7, 11) is 0. The molecule has 0 radical (unpaired) electrons. The second kappa shape index (κ2) is 3.74. The fourth-order valence-electron chi connectivity index (χ4n) is 1.22. The summed E-state index contributed by atoms with van der Waals surface area (Å²) in [5.41, 5.74) is 0.0388. The predicted octanol–water partition coefficient (Wildman–Crippen LogP) is 1.93. The van der Waals surface area contributed by atoms with Crippen molar-refractivity contribution >= 4 is 5.97 Å². The van der Waals surface area contributed by atoms with Crippen molar-refractivity contribution in [1.82, 2.24) is 4.98 Å². The zero-order chi connectivity index (χ0) is 9.97. The Morgan fingerprint density at radius 2 is 2.29 bits per heavy atom. The van der Waals surface area contributed by atoms with E-state index in [-0.39, 0.29) is 11.8 Å². The summed E-state index contributed by atoms with van der Waals surface area (Å²) < 4.78 is 17.7. The molecule has 0 N–H and O–H groups in total. The van der Waals surface area contributed by atoms with Crippen molar-refractivity contribution in [3.05, 3.63) is 29.8 Å². The van der Waals surface area contributed by atoms with Crippen molar-refractivity contribution in [2.24, 2.45) is 0 Å². The third kappa shape index (κ3) is 1.89. The van der Waals surface area contributed by atoms with Gasteiger partial charge in [0.15, 0.2) is 5.69 Å². The van der Waals surface area contributed by atoms with Gasteiger partial charge in [0, 0.05) is 0 Å². The van der Waals surface area contributed by atoms with Crippen molar-refractivity contribution in [2.45, 2.75) is 25.4 Å². The molecule has 0 spiro atoms. The van der Waals surface area contributed by atoms with Gasteiger partial charge < -0.3 is 4.74 Å². The quantitative estimate of drug-likeness (QED) is 0.534. The Kier molecular flexibility index (Phi) is 2.43. The lowest BCUT2D eigenvalue weighted by molar-refractivity contribution is 0.00825. The fourth-order valence-corrected chi connectivity index (χ4v) is 1.22. The van der Waals surface area contributed by atoms with Crippen molar-refractivity contribution in [3.8, 4) is 0 Å². The summed E-state index contributed by atoms with van der Waals surface area (Å²) in [6.07, 6.45) is 2.91. The molecular weight excluding hydrogens is 185 g/mol. The molecule has 0 aromatic carbocycles. The molecule has 1 aliphatic carbocycles. The van der Waals surface area contributed by atoms with E-state index in [0.717, 1.165) is 19.3 Å². The van der Waals surface area contributed by atoms with Crippen LogP contribution in [-0.2, 0) is 4.74 Å². The van der Waals surface area contributed by atoms with Gasteiger partial charge in [0.2, 0.25) is 5.95 Å². The van der Waals surface area contributed by atoms with Gasteiger partial charge in [-0.05, 0) is 31.4 Å². The number of esters is 1. The Hall–Kier alpha value is -1.45. The molecule has 1 aromatic rings. The van der Waals surface area contributed by atoms with Crippen molar-refractivity contribution in [1.29, 1.82) is 0 Å². The van der Waals surface area contributed by atoms with Gasteiger partial charge in [-0.1, -0.05) is 6.07 Å². The Labute approximate surface area is 80.9 Å². The van der Waals surface area contributed by atoms with Crippen molar-refractivity contribution < 1.29 is 13.9 Å². The SMILES string of the molecule is O=C(OC1CCC1)c1cccc(F)n1. The first-order valence-corrected chi connectivity index (χ1v) is 4.59. The number of pyridine rings is 1. The highest BCUT2D eigenvalue weighted by molar-refractivity contribution is 5.87. The monoisotopic (exact) mass is 195 g/mol. The van der Waals surface area contributed by atoms with E-state index in [1.807, 2.05) is 0 Å². The molecule has 0 bridgehead atoms. The minimum atomic E-state index is -0.659. The molecule has 0 amide bonds. The molecular formula is C10H10FNO2. The van der Waals surface area contributed by atoms with E-state index in [2.05, 4.69) is 4.98 Å². The average Bonchev–Trinajstić information content (AvgIpc) is 2.11. The van der Waals surface area contributed by atoms with E-state index < -0.39 is 11.9 Å². The zero-order valence-corrected chi connectivity index (χ0v) is 7.57. The number of hydrogen-bond acceptors (Lipinski definition) is 3. The number of rotatable bonds is 2. The van der Waals surface area contributed by atoms with Gasteiger partial charge in [-0.15, -0.1) is 0 Å². The van der Waals surface area contributed by atoms with Crippen molar-refractivity contribution in [3.63, 3.8) is 0 Å². The number of carbonyl (C=O) groups excluding carboxylic acids is 1. The van der Waals surface area contributed by atoms with Crippen LogP contribution in [-0.4, -0.2) is 17.1 Å². The minimum Gasteiger partial charge on any atom is -0.458 e. The first kappa shape index (κ1) is 9.12. The number of halogens is 1. The van der Waals surface area contributed by atoms with Gasteiger partial charge in [-0.25, -0.2) is 9.78 Å². The second-order valence-electron chi connectivity index (χ2n) is 3.30. The molecule has 0 atom stereocenters. The molecule has 3 nitrogen and oxygen atoms in total. The summed E-state index contributed by atoms with van der Waals surface area (Å²) >= 11 is 0. The third-order valence-electron chi connectivity index (χ3n) is 2.25. The highest BCUT2D eigenvalue weighted by atomic mass is 19.1. The number of carbonyl (C=O) groups is 1. The molecule has 0 aliphatic heterocycles. The Morgan fingerprint density at radius 3 is 2.86 bits per heavy atom. The summed E-state index contributed by atoms with van der Waals surface area (Å²) in [5.74, 6) is -1.19. The van der Waals surface area contributed by atoms with E-state index >= 15 is 0 Å². The van der Waals surface area contributed by atoms with Crippen LogP contribution in [0.4, 0.5) is 4.39 Å². The Morgan fingerprint density at radius 1 is 1.50 bits per heavy atom. The standard InChI is InChI=1S/C10H10FNO2/c11-9-6-2-5-8(12-9)10(13)14-7-3-1-4-7/h2,5-7H,1,3-4H2. The molecule has 1 aromatic heterocycles. The van der Waals surface area contributed by atoms with Gasteiger partial charge in [-0.3, -0.25) is 0 Å². The van der Waals surface area contributed by atoms with Gasteiger partial charge in [0.25, 0.3) is 0 Å². The maximum atomic E-state index is 12.6. The smallest absolute Gasteiger partial charge is 0.357 e. The summed E-state index contributed by atoms with van der Waals surface area (Å²) in [6, 6.07) is 4.09. The van der Waals surface area contributed by atoms with E-state index in [1.165, 1.54) is 18.2 Å². The lowest BCUT2D eigenvalue weighted by Gasteiger charge is -2.24. The minimum absolute atomic E-state index is 0.00701. The number of aromatic nitrogens is 1. The molecule has 2 rings (SSSR count). The largest absolute Gasteiger partial charge is 0.458 e. The lowest BCUT2D eigenvalue weighted by atomic mass is 9.96. The molecule has 74 valence electrons. The Balaban J connectivity index is 2.02. The zero-order valence-electron chi connectivity index (χ0n) is 7.57. The maximum Gasteiger partial charge on any atom is 0.357 e. The van der Waals surface area contributed by atoms with E-state index in [0.29, 0.717) is 0 Å². The van der Waals surface area contributed by atoms with Crippen LogP contribution in [0.15, 0.2) is 18.2 Å². The molecule has 0 saturated heterocycles. The van der Waals surface area contributed by atoms with Gasteiger partial charge in [0.05, 0.1) is 0 Å². The summed E-state index contributed by atoms with van der Waals surface area (Å²) in [6.45, 7) is 0. The molecule has 1 saturated carbocycles. The topological polar surface area (TPSA) is 39.2 Å². The van der Waals surface area contributed by atoms with Gasteiger partial charge in [-0.2, -0.15) is 4.39 Å². The number of nitrogens with zero attached hydrogens (tertiary/aromatic N) is 1. The summed E-state index contributed by atoms with van der Waals surface area (Å²) in [5, 5.41) is 0. The highest BCUT2D eigenvalue weighted by Gasteiger charge is 2.22. The number of ether oxygens (including phenoxy) is 1. The summed E-state index contributed by atoms with van der Waals surface area (Å²) in [4.78, 5) is 14.8. The number of hydrogen-bond donors (Lipinski definition) is 0. The van der Waals surface area contributed by atoms with Crippen LogP contribution in [0.5, 0.6) is 0 Å². The predicted molar refractivity (Wildman–Crippen MR) is 47.2 cm³/mol. The van der Waals surface area contributed by atoms with E-state index in [9.17, 15) is 9.18 Å². The lowest BCUT2D eigenvalue weighted by Crippen LogP contribution is -2.25. The van der Waals surface area contributed by atoms with Gasteiger partial charge in [0.1, 0.15) is 6.10 Å².